The Balaban J connectivity index is 2.15. The summed E-state index contributed by atoms with van der Waals surface area (Å²) in [6.45, 7) is 0.585. The standard InChI is InChI=1S/C15H16ClNO2S2/c1-20-12-5-3-11(4-6-12)10-17-15-9-13(21(2,18)19)7-8-14(15)16/h3-9,17H,10H2,1-2H3. The van der Waals surface area contributed by atoms with Crippen LogP contribution in [0.1, 0.15) is 5.56 Å². The molecule has 0 bridgehead atoms. The summed E-state index contributed by atoms with van der Waals surface area (Å²) in [5.74, 6) is 0. The normalized spacial score (nSPS) is 11.4. The average molecular weight is 342 g/mol. The fourth-order valence-corrected chi connectivity index (χ4v) is 3.05. The minimum atomic E-state index is -3.24. The van der Waals surface area contributed by atoms with Gasteiger partial charge in [-0.25, -0.2) is 8.42 Å². The van der Waals surface area contributed by atoms with Crippen LogP contribution in [0, 0.1) is 0 Å². The molecule has 1 N–H and O–H groups in total. The van der Waals surface area contributed by atoms with Crippen molar-refractivity contribution in [1.29, 1.82) is 0 Å². The molecule has 0 saturated heterocycles. The van der Waals surface area contributed by atoms with Crippen LogP contribution < -0.4 is 5.32 Å². The summed E-state index contributed by atoms with van der Waals surface area (Å²) in [6, 6.07) is 12.8. The molecule has 0 unspecified atom stereocenters. The second kappa shape index (κ2) is 6.73. The highest BCUT2D eigenvalue weighted by Gasteiger charge is 2.10. The molecule has 0 aliphatic rings. The van der Waals surface area contributed by atoms with Gasteiger partial charge in [-0.2, -0.15) is 0 Å². The van der Waals surface area contributed by atoms with E-state index in [2.05, 4.69) is 17.4 Å². The first-order valence-corrected chi connectivity index (χ1v) is 9.76. The van der Waals surface area contributed by atoms with Gasteiger partial charge in [-0.05, 0) is 42.2 Å². The predicted octanol–water partition coefficient (Wildman–Crippen LogP) is 4.08. The molecule has 2 aromatic rings. The van der Waals surface area contributed by atoms with Crippen molar-refractivity contribution in [3.63, 3.8) is 0 Å². The van der Waals surface area contributed by atoms with Crippen LogP contribution in [0.4, 0.5) is 5.69 Å². The van der Waals surface area contributed by atoms with Crippen molar-refractivity contribution in [3.05, 3.63) is 53.1 Å². The summed E-state index contributed by atoms with van der Waals surface area (Å²) in [6.07, 6.45) is 3.21. The van der Waals surface area contributed by atoms with Crippen molar-refractivity contribution in [2.24, 2.45) is 0 Å². The Morgan fingerprint density at radius 1 is 1.14 bits per heavy atom. The maximum absolute atomic E-state index is 11.6. The second-order valence-corrected chi connectivity index (χ2v) is 7.92. The number of hydrogen-bond acceptors (Lipinski definition) is 4. The van der Waals surface area contributed by atoms with E-state index in [0.29, 0.717) is 17.3 Å². The molecule has 2 rings (SSSR count). The second-order valence-electron chi connectivity index (χ2n) is 4.62. The van der Waals surface area contributed by atoms with Crippen molar-refractivity contribution >= 4 is 38.9 Å². The Kier molecular flexibility index (Phi) is 5.19. The van der Waals surface area contributed by atoms with E-state index in [4.69, 9.17) is 11.6 Å². The highest BCUT2D eigenvalue weighted by Crippen LogP contribution is 2.26. The van der Waals surface area contributed by atoms with Gasteiger partial charge in [-0.15, -0.1) is 11.8 Å². The predicted molar refractivity (Wildman–Crippen MR) is 90.1 cm³/mol. The van der Waals surface area contributed by atoms with Crippen LogP contribution in [-0.2, 0) is 16.4 Å². The number of hydrogen-bond donors (Lipinski definition) is 1. The molecular formula is C15H16ClNO2S2. The SMILES string of the molecule is CSc1ccc(CNc2cc(S(C)(=O)=O)ccc2Cl)cc1. The summed E-state index contributed by atoms with van der Waals surface area (Å²) >= 11 is 7.79. The molecule has 112 valence electrons. The lowest BCUT2D eigenvalue weighted by atomic mass is 10.2. The smallest absolute Gasteiger partial charge is 0.175 e. The van der Waals surface area contributed by atoms with Gasteiger partial charge in [-0.3, -0.25) is 0 Å². The zero-order valence-electron chi connectivity index (χ0n) is 11.8. The number of rotatable bonds is 5. The third kappa shape index (κ3) is 4.40. The van der Waals surface area contributed by atoms with E-state index in [9.17, 15) is 8.42 Å². The first-order chi connectivity index (χ1) is 9.90. The number of thioether (sulfide) groups is 1. The average Bonchev–Trinajstić information content (AvgIpc) is 2.45. The lowest BCUT2D eigenvalue weighted by Crippen LogP contribution is -2.02. The first-order valence-electron chi connectivity index (χ1n) is 6.26. The van der Waals surface area contributed by atoms with Crippen molar-refractivity contribution in [2.45, 2.75) is 16.3 Å². The number of anilines is 1. The molecule has 0 aromatic heterocycles. The molecule has 0 heterocycles. The zero-order valence-corrected chi connectivity index (χ0v) is 14.1. The van der Waals surface area contributed by atoms with Crippen molar-refractivity contribution in [1.82, 2.24) is 0 Å². The van der Waals surface area contributed by atoms with Gasteiger partial charge in [0.25, 0.3) is 0 Å². The van der Waals surface area contributed by atoms with Crippen LogP contribution in [0.2, 0.25) is 5.02 Å². The lowest BCUT2D eigenvalue weighted by Gasteiger charge is -2.10. The summed E-state index contributed by atoms with van der Waals surface area (Å²) in [7, 11) is -3.24. The third-order valence-corrected chi connectivity index (χ3v) is 5.19. The molecule has 0 atom stereocenters. The molecule has 0 amide bonds. The minimum absolute atomic E-state index is 0.257. The van der Waals surface area contributed by atoms with E-state index in [1.165, 1.54) is 17.2 Å². The molecule has 6 heteroatoms. The molecular weight excluding hydrogens is 326 g/mol. The van der Waals surface area contributed by atoms with E-state index < -0.39 is 9.84 Å². The Morgan fingerprint density at radius 3 is 2.38 bits per heavy atom. The minimum Gasteiger partial charge on any atom is -0.380 e. The van der Waals surface area contributed by atoms with Gasteiger partial charge < -0.3 is 5.32 Å². The summed E-state index contributed by atoms with van der Waals surface area (Å²) in [5.41, 5.74) is 1.72. The van der Waals surface area contributed by atoms with Gasteiger partial charge >= 0.3 is 0 Å². The fourth-order valence-electron chi connectivity index (χ4n) is 1.81. The van der Waals surface area contributed by atoms with Crippen LogP contribution >= 0.6 is 23.4 Å². The largest absolute Gasteiger partial charge is 0.380 e. The Hall–Kier alpha value is -1.17. The molecule has 3 nitrogen and oxygen atoms in total. The highest BCUT2D eigenvalue weighted by atomic mass is 35.5. The number of nitrogens with one attached hydrogen (secondary N) is 1. The Labute approximate surface area is 134 Å². The van der Waals surface area contributed by atoms with Crippen LogP contribution in [-0.4, -0.2) is 20.9 Å². The van der Waals surface area contributed by atoms with Gasteiger partial charge in [-0.1, -0.05) is 23.7 Å². The monoisotopic (exact) mass is 341 g/mol. The molecule has 0 spiro atoms. The molecule has 0 fully saturated rings. The maximum atomic E-state index is 11.6. The quantitative estimate of drug-likeness (QED) is 0.832. The summed E-state index contributed by atoms with van der Waals surface area (Å²) < 4.78 is 23.1. The van der Waals surface area contributed by atoms with Gasteiger partial charge in [0.1, 0.15) is 0 Å². The van der Waals surface area contributed by atoms with Crippen LogP contribution in [0.3, 0.4) is 0 Å². The van der Waals surface area contributed by atoms with Crippen LogP contribution in [0.5, 0.6) is 0 Å². The number of benzene rings is 2. The van der Waals surface area contributed by atoms with Crippen molar-refractivity contribution in [2.75, 3.05) is 17.8 Å². The van der Waals surface area contributed by atoms with Crippen LogP contribution in [0.15, 0.2) is 52.3 Å². The van der Waals surface area contributed by atoms with Gasteiger partial charge in [0.15, 0.2) is 9.84 Å². The number of halogens is 1. The lowest BCUT2D eigenvalue weighted by molar-refractivity contribution is 0.602. The fraction of sp³-hybridized carbons (Fsp3) is 0.200. The molecule has 0 aliphatic carbocycles. The maximum Gasteiger partial charge on any atom is 0.175 e. The van der Waals surface area contributed by atoms with Gasteiger partial charge in [0, 0.05) is 17.7 Å². The molecule has 0 saturated carbocycles. The van der Waals surface area contributed by atoms with Crippen LogP contribution in [0.25, 0.3) is 0 Å². The first kappa shape index (κ1) is 16.2. The van der Waals surface area contributed by atoms with E-state index in [0.717, 1.165) is 5.56 Å². The topological polar surface area (TPSA) is 46.2 Å². The highest BCUT2D eigenvalue weighted by molar-refractivity contribution is 7.98. The molecule has 0 radical (unpaired) electrons. The Bertz CT molecular complexity index is 728. The molecule has 0 aliphatic heterocycles. The summed E-state index contributed by atoms with van der Waals surface area (Å²) in [5, 5.41) is 3.68. The summed E-state index contributed by atoms with van der Waals surface area (Å²) in [4.78, 5) is 1.46. The van der Waals surface area contributed by atoms with Gasteiger partial charge in [0.2, 0.25) is 0 Å². The van der Waals surface area contributed by atoms with Gasteiger partial charge in [0.05, 0.1) is 15.6 Å². The van der Waals surface area contributed by atoms with E-state index in [-0.39, 0.29) is 4.90 Å². The van der Waals surface area contributed by atoms with E-state index in [1.807, 2.05) is 18.4 Å². The zero-order chi connectivity index (χ0) is 15.5. The molecule has 21 heavy (non-hydrogen) atoms. The van der Waals surface area contributed by atoms with Crippen molar-refractivity contribution < 1.29 is 8.42 Å². The van der Waals surface area contributed by atoms with E-state index >= 15 is 0 Å². The van der Waals surface area contributed by atoms with Crippen molar-refractivity contribution in [3.8, 4) is 0 Å². The third-order valence-electron chi connectivity index (χ3n) is 3.01. The number of sulfone groups is 1. The van der Waals surface area contributed by atoms with E-state index in [1.54, 1.807) is 23.9 Å². The Morgan fingerprint density at radius 2 is 1.81 bits per heavy atom. The molecule has 2 aromatic carbocycles.